The van der Waals surface area contributed by atoms with Crippen molar-refractivity contribution in [3.63, 3.8) is 0 Å². The Kier molecular flexibility index (Phi) is 9.34. The maximum Gasteiger partial charge on any atom is 0.262 e. The van der Waals surface area contributed by atoms with Gasteiger partial charge in [-0.15, -0.1) is 0 Å². The number of carbonyl (C=O) groups excluding carboxylic acids is 2. The molecule has 0 bridgehead atoms. The molecule has 1 fully saturated rings. The Labute approximate surface area is 221 Å². The zero-order chi connectivity index (χ0) is 25.5. The van der Waals surface area contributed by atoms with E-state index in [1.54, 1.807) is 12.1 Å². The number of hydrogen-bond donors (Lipinski definition) is 0. The van der Waals surface area contributed by atoms with Crippen LogP contribution in [0.1, 0.15) is 23.6 Å². The zero-order valence-corrected chi connectivity index (χ0v) is 21.7. The standard InChI is InChI=1S/C26H30Cl2N4O4/c1-35-18-26(34)31(11-10-30-12-14-36-15-13-30)17-25(33)32-24(20-7-3-5-9-22(20)28)16-23(29-32)19-6-2-4-8-21(19)27/h2-9,24H,10-18H2,1H3/t24-/m0/s1. The van der Waals surface area contributed by atoms with E-state index in [4.69, 9.17) is 32.7 Å². The number of carbonyl (C=O) groups is 2. The van der Waals surface area contributed by atoms with Crippen LogP contribution >= 0.6 is 23.2 Å². The van der Waals surface area contributed by atoms with Crippen LogP contribution < -0.4 is 0 Å². The highest BCUT2D eigenvalue weighted by Crippen LogP contribution is 2.37. The molecule has 2 aromatic carbocycles. The third-order valence-corrected chi connectivity index (χ3v) is 7.03. The van der Waals surface area contributed by atoms with Crippen molar-refractivity contribution in [1.82, 2.24) is 14.8 Å². The van der Waals surface area contributed by atoms with Crippen LogP contribution in [0.25, 0.3) is 0 Å². The summed E-state index contributed by atoms with van der Waals surface area (Å²) in [4.78, 5) is 30.2. The molecule has 2 aliphatic heterocycles. The van der Waals surface area contributed by atoms with Gasteiger partial charge in [0.2, 0.25) is 5.91 Å². The maximum atomic E-state index is 13.6. The number of methoxy groups -OCH3 is 1. The number of ether oxygens (including phenoxy) is 2. The van der Waals surface area contributed by atoms with Gasteiger partial charge in [-0.1, -0.05) is 59.6 Å². The fourth-order valence-corrected chi connectivity index (χ4v) is 4.92. The van der Waals surface area contributed by atoms with Crippen LogP contribution in [0.3, 0.4) is 0 Å². The number of morpholine rings is 1. The molecule has 10 heteroatoms. The minimum absolute atomic E-state index is 0.0987. The van der Waals surface area contributed by atoms with Crippen LogP contribution in [-0.4, -0.2) is 92.0 Å². The molecular weight excluding hydrogens is 503 g/mol. The molecular formula is C26H30Cl2N4O4. The lowest BCUT2D eigenvalue weighted by atomic mass is 9.98. The second kappa shape index (κ2) is 12.7. The van der Waals surface area contributed by atoms with Crippen LogP contribution in [0.15, 0.2) is 53.6 Å². The highest BCUT2D eigenvalue weighted by Gasteiger charge is 2.36. The highest BCUT2D eigenvalue weighted by atomic mass is 35.5. The summed E-state index contributed by atoms with van der Waals surface area (Å²) < 4.78 is 10.5. The molecule has 8 nitrogen and oxygen atoms in total. The number of nitrogens with zero attached hydrogens (tertiary/aromatic N) is 4. The van der Waals surface area contributed by atoms with Crippen LogP contribution in [0.2, 0.25) is 10.0 Å². The van der Waals surface area contributed by atoms with E-state index in [0.29, 0.717) is 48.5 Å². The lowest BCUT2D eigenvalue weighted by molar-refractivity contribution is -0.143. The Bertz CT molecular complexity index is 1110. The van der Waals surface area contributed by atoms with Crippen LogP contribution in [0, 0.1) is 0 Å². The van der Waals surface area contributed by atoms with E-state index in [-0.39, 0.29) is 25.0 Å². The molecule has 2 aliphatic rings. The van der Waals surface area contributed by atoms with Gasteiger partial charge in [-0.3, -0.25) is 14.5 Å². The van der Waals surface area contributed by atoms with E-state index in [1.807, 2.05) is 36.4 Å². The number of hydrazone groups is 1. The number of benzene rings is 2. The van der Waals surface area contributed by atoms with E-state index in [2.05, 4.69) is 10.0 Å². The van der Waals surface area contributed by atoms with Gasteiger partial charge >= 0.3 is 0 Å². The molecule has 0 radical (unpaired) electrons. The zero-order valence-electron chi connectivity index (χ0n) is 20.2. The fourth-order valence-electron chi connectivity index (χ4n) is 4.42. The summed E-state index contributed by atoms with van der Waals surface area (Å²) in [5.74, 6) is -0.545. The summed E-state index contributed by atoms with van der Waals surface area (Å²) in [6.07, 6.45) is 0.457. The van der Waals surface area contributed by atoms with E-state index in [1.165, 1.54) is 17.0 Å². The van der Waals surface area contributed by atoms with Gasteiger partial charge < -0.3 is 14.4 Å². The Morgan fingerprint density at radius 2 is 1.78 bits per heavy atom. The Morgan fingerprint density at radius 3 is 2.47 bits per heavy atom. The molecule has 0 aromatic heterocycles. The van der Waals surface area contributed by atoms with Crippen LogP contribution in [0.4, 0.5) is 0 Å². The average Bonchev–Trinajstić information content (AvgIpc) is 3.33. The molecule has 0 saturated carbocycles. The molecule has 36 heavy (non-hydrogen) atoms. The van der Waals surface area contributed by atoms with Gasteiger partial charge in [-0.05, 0) is 17.7 Å². The van der Waals surface area contributed by atoms with Crippen molar-refractivity contribution >= 4 is 40.7 Å². The van der Waals surface area contributed by atoms with Crippen molar-refractivity contribution in [2.24, 2.45) is 5.10 Å². The van der Waals surface area contributed by atoms with Crippen LogP contribution in [0.5, 0.6) is 0 Å². The molecule has 1 atom stereocenters. The van der Waals surface area contributed by atoms with Crippen LogP contribution in [-0.2, 0) is 19.1 Å². The first kappa shape index (κ1) is 26.6. The summed E-state index contributed by atoms with van der Waals surface area (Å²) in [7, 11) is 1.47. The van der Waals surface area contributed by atoms with E-state index >= 15 is 0 Å². The molecule has 4 rings (SSSR count). The summed E-state index contributed by atoms with van der Waals surface area (Å²) >= 11 is 13.0. The normalized spacial score (nSPS) is 18.2. The molecule has 0 spiro atoms. The monoisotopic (exact) mass is 532 g/mol. The third kappa shape index (κ3) is 6.44. The molecule has 0 aliphatic carbocycles. The fraction of sp³-hybridized carbons (Fsp3) is 0.423. The van der Waals surface area contributed by atoms with Gasteiger partial charge in [0.25, 0.3) is 5.91 Å². The van der Waals surface area contributed by atoms with Gasteiger partial charge in [-0.25, -0.2) is 5.01 Å². The minimum atomic E-state index is -0.406. The SMILES string of the molecule is COCC(=O)N(CCN1CCOCC1)CC(=O)N1N=C(c2ccccc2Cl)C[C@H]1c1ccccc1Cl. The van der Waals surface area contributed by atoms with E-state index in [9.17, 15) is 9.59 Å². The average molecular weight is 533 g/mol. The summed E-state index contributed by atoms with van der Waals surface area (Å²) in [6.45, 7) is 3.76. The first-order chi connectivity index (χ1) is 17.5. The van der Waals surface area contributed by atoms with Crippen molar-refractivity contribution < 1.29 is 19.1 Å². The maximum absolute atomic E-state index is 13.6. The Morgan fingerprint density at radius 1 is 1.08 bits per heavy atom. The second-order valence-corrected chi connectivity index (χ2v) is 9.52. The van der Waals surface area contributed by atoms with E-state index < -0.39 is 6.04 Å². The molecule has 0 unspecified atom stereocenters. The molecule has 2 heterocycles. The predicted octanol–water partition coefficient (Wildman–Crippen LogP) is 3.48. The van der Waals surface area contributed by atoms with Gasteiger partial charge in [0.05, 0.1) is 25.0 Å². The van der Waals surface area contributed by atoms with E-state index in [0.717, 1.165) is 24.2 Å². The quantitative estimate of drug-likeness (QED) is 0.494. The Balaban J connectivity index is 1.57. The van der Waals surface area contributed by atoms with Crippen molar-refractivity contribution in [2.75, 3.05) is 59.7 Å². The summed E-state index contributed by atoms with van der Waals surface area (Å²) in [5, 5.41) is 7.25. The lowest BCUT2D eigenvalue weighted by Gasteiger charge is -2.31. The molecule has 2 amide bonds. The molecule has 1 saturated heterocycles. The van der Waals surface area contributed by atoms with Crippen molar-refractivity contribution in [3.05, 3.63) is 69.7 Å². The largest absolute Gasteiger partial charge is 0.379 e. The first-order valence-corrected chi connectivity index (χ1v) is 12.7. The van der Waals surface area contributed by atoms with Crippen molar-refractivity contribution in [2.45, 2.75) is 12.5 Å². The minimum Gasteiger partial charge on any atom is -0.379 e. The Hall–Kier alpha value is -2.49. The smallest absolute Gasteiger partial charge is 0.262 e. The number of hydrogen-bond acceptors (Lipinski definition) is 6. The molecule has 2 aromatic rings. The second-order valence-electron chi connectivity index (χ2n) is 8.71. The lowest BCUT2D eigenvalue weighted by Crippen LogP contribution is -2.47. The highest BCUT2D eigenvalue weighted by molar-refractivity contribution is 6.34. The molecule has 192 valence electrons. The number of halogens is 2. The number of amides is 2. The molecule has 0 N–H and O–H groups in total. The van der Waals surface area contributed by atoms with Gasteiger partial charge in [-0.2, -0.15) is 5.10 Å². The van der Waals surface area contributed by atoms with Gasteiger partial charge in [0.15, 0.2) is 0 Å². The predicted molar refractivity (Wildman–Crippen MR) is 139 cm³/mol. The number of rotatable bonds is 9. The van der Waals surface area contributed by atoms with Gasteiger partial charge in [0.1, 0.15) is 13.2 Å². The van der Waals surface area contributed by atoms with Gasteiger partial charge in [0, 0.05) is 55.3 Å². The topological polar surface area (TPSA) is 74.7 Å². The van der Waals surface area contributed by atoms with Crippen molar-refractivity contribution in [3.8, 4) is 0 Å². The third-order valence-electron chi connectivity index (χ3n) is 6.35. The first-order valence-electron chi connectivity index (χ1n) is 11.9. The summed E-state index contributed by atoms with van der Waals surface area (Å²) in [5.41, 5.74) is 2.26. The van der Waals surface area contributed by atoms with Crippen molar-refractivity contribution in [1.29, 1.82) is 0 Å². The summed E-state index contributed by atoms with van der Waals surface area (Å²) in [6, 6.07) is 14.4.